The summed E-state index contributed by atoms with van der Waals surface area (Å²) >= 11 is 0. The van der Waals surface area contributed by atoms with Gasteiger partial charge in [0.05, 0.1) is 0 Å². The predicted molar refractivity (Wildman–Crippen MR) is 84.4 cm³/mol. The van der Waals surface area contributed by atoms with Crippen LogP contribution in [0.2, 0.25) is 0 Å². The Balaban J connectivity index is 2.02. The first-order valence-electron chi connectivity index (χ1n) is 7.20. The van der Waals surface area contributed by atoms with Crippen LogP contribution < -0.4 is 4.90 Å². The maximum atomic E-state index is 13.1. The van der Waals surface area contributed by atoms with Gasteiger partial charge >= 0.3 is 0 Å². The average molecular weight is 285 g/mol. The lowest BCUT2D eigenvalue weighted by Gasteiger charge is -2.23. The van der Waals surface area contributed by atoms with Crippen molar-refractivity contribution in [3.8, 4) is 0 Å². The third kappa shape index (κ3) is 4.15. The zero-order valence-electron chi connectivity index (χ0n) is 12.5. The standard InChI is InChI=1S/C18H20FNO/c1-3-20(17-9-4-6-14(2)12-17)11-10-18(21)15-7-5-8-16(19)13-15/h4-9,12-13H,3,10-11H2,1-2H3. The molecule has 0 aliphatic carbocycles. The Kier molecular flexibility index (Phi) is 5.09. The number of aryl methyl sites for hydroxylation is 1. The van der Waals surface area contributed by atoms with Crippen molar-refractivity contribution in [1.82, 2.24) is 0 Å². The van der Waals surface area contributed by atoms with Gasteiger partial charge in [-0.1, -0.05) is 24.3 Å². The van der Waals surface area contributed by atoms with Crippen LogP contribution in [0.5, 0.6) is 0 Å². The van der Waals surface area contributed by atoms with Gasteiger partial charge in [-0.05, 0) is 43.7 Å². The molecule has 0 bridgehead atoms. The molecule has 0 fully saturated rings. The van der Waals surface area contributed by atoms with E-state index < -0.39 is 0 Å². The van der Waals surface area contributed by atoms with Gasteiger partial charge in [-0.2, -0.15) is 0 Å². The molecule has 0 aromatic heterocycles. The Hall–Kier alpha value is -2.16. The molecule has 0 unspecified atom stereocenters. The molecule has 2 rings (SSSR count). The Morgan fingerprint density at radius 3 is 2.57 bits per heavy atom. The number of benzene rings is 2. The number of halogens is 1. The number of hydrogen-bond acceptors (Lipinski definition) is 2. The zero-order chi connectivity index (χ0) is 15.2. The third-order valence-corrected chi connectivity index (χ3v) is 3.50. The summed E-state index contributed by atoms with van der Waals surface area (Å²) in [4.78, 5) is 14.3. The van der Waals surface area contributed by atoms with E-state index >= 15 is 0 Å². The van der Waals surface area contributed by atoms with Crippen molar-refractivity contribution >= 4 is 11.5 Å². The lowest BCUT2D eigenvalue weighted by Crippen LogP contribution is -2.25. The molecule has 21 heavy (non-hydrogen) atoms. The highest BCUT2D eigenvalue weighted by Gasteiger charge is 2.10. The summed E-state index contributed by atoms with van der Waals surface area (Å²) in [5.74, 6) is -0.396. The molecule has 0 aliphatic rings. The number of anilines is 1. The van der Waals surface area contributed by atoms with E-state index in [1.54, 1.807) is 12.1 Å². The monoisotopic (exact) mass is 285 g/mol. The van der Waals surface area contributed by atoms with E-state index in [0.717, 1.165) is 12.2 Å². The Labute approximate surface area is 125 Å². The van der Waals surface area contributed by atoms with Crippen molar-refractivity contribution in [3.63, 3.8) is 0 Å². The van der Waals surface area contributed by atoms with Crippen LogP contribution in [0.25, 0.3) is 0 Å². The van der Waals surface area contributed by atoms with Gasteiger partial charge < -0.3 is 4.90 Å². The Bertz CT molecular complexity index is 624. The summed E-state index contributed by atoms with van der Waals surface area (Å²) in [6.07, 6.45) is 0.380. The molecule has 0 N–H and O–H groups in total. The lowest BCUT2D eigenvalue weighted by atomic mass is 10.1. The lowest BCUT2D eigenvalue weighted by molar-refractivity contribution is 0.0984. The van der Waals surface area contributed by atoms with E-state index in [2.05, 4.69) is 30.9 Å². The molecule has 0 aliphatic heterocycles. The molecule has 0 saturated heterocycles. The highest BCUT2D eigenvalue weighted by Crippen LogP contribution is 2.16. The summed E-state index contributed by atoms with van der Waals surface area (Å²) < 4.78 is 13.1. The fourth-order valence-corrected chi connectivity index (χ4v) is 2.34. The minimum absolute atomic E-state index is 0.0272. The number of carbonyl (C=O) groups excluding carboxylic acids is 1. The van der Waals surface area contributed by atoms with E-state index in [4.69, 9.17) is 0 Å². The number of ketones is 1. The van der Waals surface area contributed by atoms with Crippen LogP contribution in [0.15, 0.2) is 48.5 Å². The summed E-state index contributed by atoms with van der Waals surface area (Å²) in [5.41, 5.74) is 2.75. The van der Waals surface area contributed by atoms with Crippen molar-refractivity contribution in [3.05, 3.63) is 65.5 Å². The first kappa shape index (κ1) is 15.2. The van der Waals surface area contributed by atoms with Crippen molar-refractivity contribution in [2.24, 2.45) is 0 Å². The van der Waals surface area contributed by atoms with Gasteiger partial charge in [-0.3, -0.25) is 4.79 Å². The maximum Gasteiger partial charge on any atom is 0.164 e. The van der Waals surface area contributed by atoms with Gasteiger partial charge in [0.25, 0.3) is 0 Å². The van der Waals surface area contributed by atoms with E-state index in [0.29, 0.717) is 18.5 Å². The minimum Gasteiger partial charge on any atom is -0.371 e. The molecule has 0 spiro atoms. The van der Waals surface area contributed by atoms with Crippen LogP contribution in [0.4, 0.5) is 10.1 Å². The predicted octanol–water partition coefficient (Wildman–Crippen LogP) is 4.23. The van der Waals surface area contributed by atoms with E-state index in [1.807, 2.05) is 12.1 Å². The van der Waals surface area contributed by atoms with Crippen LogP contribution in [-0.2, 0) is 0 Å². The van der Waals surface area contributed by atoms with Crippen LogP contribution in [0.1, 0.15) is 29.3 Å². The fourth-order valence-electron chi connectivity index (χ4n) is 2.34. The molecular weight excluding hydrogens is 265 g/mol. The smallest absolute Gasteiger partial charge is 0.164 e. The van der Waals surface area contributed by atoms with Crippen molar-refractivity contribution in [2.45, 2.75) is 20.3 Å². The van der Waals surface area contributed by atoms with Gasteiger partial charge in [0.2, 0.25) is 0 Å². The number of carbonyl (C=O) groups is 1. The zero-order valence-corrected chi connectivity index (χ0v) is 12.5. The van der Waals surface area contributed by atoms with Gasteiger partial charge in [-0.15, -0.1) is 0 Å². The fraction of sp³-hybridized carbons (Fsp3) is 0.278. The maximum absolute atomic E-state index is 13.1. The summed E-state index contributed by atoms with van der Waals surface area (Å²) in [6, 6.07) is 14.1. The summed E-state index contributed by atoms with van der Waals surface area (Å²) in [5, 5.41) is 0. The Morgan fingerprint density at radius 2 is 1.90 bits per heavy atom. The minimum atomic E-state index is -0.369. The second-order valence-corrected chi connectivity index (χ2v) is 5.10. The molecule has 2 nitrogen and oxygen atoms in total. The molecule has 2 aromatic rings. The third-order valence-electron chi connectivity index (χ3n) is 3.50. The SMILES string of the molecule is CCN(CCC(=O)c1cccc(F)c1)c1cccc(C)c1. The highest BCUT2D eigenvalue weighted by molar-refractivity contribution is 5.96. The van der Waals surface area contributed by atoms with Gasteiger partial charge in [0, 0.05) is 30.8 Å². The van der Waals surface area contributed by atoms with Crippen molar-refractivity contribution in [1.29, 1.82) is 0 Å². The van der Waals surface area contributed by atoms with Gasteiger partial charge in [-0.25, -0.2) is 4.39 Å². The van der Waals surface area contributed by atoms with Crippen LogP contribution in [-0.4, -0.2) is 18.9 Å². The van der Waals surface area contributed by atoms with Gasteiger partial charge in [0.15, 0.2) is 5.78 Å². The number of hydrogen-bond donors (Lipinski definition) is 0. The second-order valence-electron chi connectivity index (χ2n) is 5.10. The number of rotatable bonds is 6. The molecule has 0 saturated carbocycles. The van der Waals surface area contributed by atoms with Gasteiger partial charge in [0.1, 0.15) is 5.82 Å². The molecule has 0 atom stereocenters. The number of Topliss-reactive ketones (excluding diaryl/α,β-unsaturated/α-hetero) is 1. The van der Waals surface area contributed by atoms with Crippen LogP contribution in [0.3, 0.4) is 0 Å². The molecule has 3 heteroatoms. The topological polar surface area (TPSA) is 20.3 Å². The molecule has 2 aromatic carbocycles. The first-order valence-corrected chi connectivity index (χ1v) is 7.20. The average Bonchev–Trinajstić information content (AvgIpc) is 2.48. The molecule has 0 radical (unpaired) electrons. The van der Waals surface area contributed by atoms with E-state index in [9.17, 15) is 9.18 Å². The molecular formula is C18H20FNO. The quantitative estimate of drug-likeness (QED) is 0.740. The Morgan fingerprint density at radius 1 is 1.14 bits per heavy atom. The molecule has 0 heterocycles. The van der Waals surface area contributed by atoms with Crippen molar-refractivity contribution in [2.75, 3.05) is 18.0 Å². The molecule has 0 amide bonds. The first-order chi connectivity index (χ1) is 10.1. The van der Waals surface area contributed by atoms with Crippen molar-refractivity contribution < 1.29 is 9.18 Å². The normalized spacial score (nSPS) is 10.4. The number of nitrogens with zero attached hydrogens (tertiary/aromatic N) is 1. The van der Waals surface area contributed by atoms with E-state index in [1.165, 1.54) is 17.7 Å². The molecule has 110 valence electrons. The van der Waals surface area contributed by atoms with E-state index in [-0.39, 0.29) is 11.6 Å². The van der Waals surface area contributed by atoms with Crippen LogP contribution >= 0.6 is 0 Å². The van der Waals surface area contributed by atoms with Crippen LogP contribution in [0, 0.1) is 12.7 Å². The summed E-state index contributed by atoms with van der Waals surface area (Å²) in [7, 11) is 0. The summed E-state index contributed by atoms with van der Waals surface area (Å²) in [6.45, 7) is 5.58. The second kappa shape index (κ2) is 7.02. The largest absolute Gasteiger partial charge is 0.371 e. The highest BCUT2D eigenvalue weighted by atomic mass is 19.1.